The predicted molar refractivity (Wildman–Crippen MR) is 83.5 cm³/mol. The van der Waals surface area contributed by atoms with Crippen LogP contribution in [0.4, 0.5) is 0 Å². The largest absolute Gasteiger partial charge is 0.457 e. The molecule has 0 spiro atoms. The highest BCUT2D eigenvalue weighted by Crippen LogP contribution is 2.33. The maximum absolute atomic E-state index is 6.18. The number of hydrogen-bond acceptors (Lipinski definition) is 4. The van der Waals surface area contributed by atoms with Gasteiger partial charge in [0.15, 0.2) is 5.58 Å². The second kappa shape index (κ2) is 5.95. The van der Waals surface area contributed by atoms with Gasteiger partial charge in [-0.25, -0.2) is 0 Å². The molecular formula is C15H15ClN2OS. The van der Waals surface area contributed by atoms with Crippen LogP contribution in [0.25, 0.3) is 11.0 Å². The summed E-state index contributed by atoms with van der Waals surface area (Å²) in [6, 6.07) is 7.88. The van der Waals surface area contributed by atoms with E-state index < -0.39 is 0 Å². The third-order valence-corrected chi connectivity index (χ3v) is 4.27. The van der Waals surface area contributed by atoms with E-state index in [1.54, 1.807) is 11.3 Å². The van der Waals surface area contributed by atoms with E-state index in [9.17, 15) is 0 Å². The maximum atomic E-state index is 6.18. The van der Waals surface area contributed by atoms with Crippen LogP contribution in [0.1, 0.15) is 30.0 Å². The van der Waals surface area contributed by atoms with Gasteiger partial charge in [0, 0.05) is 16.5 Å². The highest BCUT2D eigenvalue weighted by molar-refractivity contribution is 7.09. The summed E-state index contributed by atoms with van der Waals surface area (Å²) in [6.07, 6.45) is 2.95. The molecule has 3 aromatic rings. The molecule has 5 heteroatoms. The number of aromatic nitrogens is 1. The molecule has 20 heavy (non-hydrogen) atoms. The van der Waals surface area contributed by atoms with E-state index in [2.05, 4.69) is 17.2 Å². The Kier molecular flexibility index (Phi) is 4.05. The van der Waals surface area contributed by atoms with Gasteiger partial charge in [0.2, 0.25) is 0 Å². The summed E-state index contributed by atoms with van der Waals surface area (Å²) in [4.78, 5) is 5.31. The molecule has 0 amide bonds. The van der Waals surface area contributed by atoms with Crippen LogP contribution in [-0.2, 0) is 0 Å². The monoisotopic (exact) mass is 306 g/mol. The van der Waals surface area contributed by atoms with E-state index in [0.29, 0.717) is 5.02 Å². The van der Waals surface area contributed by atoms with Crippen molar-refractivity contribution in [2.24, 2.45) is 0 Å². The molecular weight excluding hydrogens is 292 g/mol. The number of para-hydroxylation sites is 1. The standard InChI is InChI=1S/C15H15ClN2OS/c1-2-6-18-14(13-8-17-9-20-13)12-7-10-4-3-5-11(16)15(10)19-12/h3-5,7-9,14,18H,2,6H2,1H3. The van der Waals surface area contributed by atoms with Crippen molar-refractivity contribution in [3.05, 3.63) is 51.6 Å². The fraction of sp³-hybridized carbons (Fsp3) is 0.267. The molecule has 1 unspecified atom stereocenters. The zero-order valence-electron chi connectivity index (χ0n) is 11.1. The Labute approximate surface area is 126 Å². The van der Waals surface area contributed by atoms with Crippen LogP contribution >= 0.6 is 22.9 Å². The molecule has 1 N–H and O–H groups in total. The zero-order chi connectivity index (χ0) is 13.9. The summed E-state index contributed by atoms with van der Waals surface area (Å²) in [7, 11) is 0. The van der Waals surface area contributed by atoms with Gasteiger partial charge in [-0.2, -0.15) is 0 Å². The van der Waals surface area contributed by atoms with Gasteiger partial charge in [-0.15, -0.1) is 11.3 Å². The molecule has 0 saturated heterocycles. The number of benzene rings is 1. The number of fused-ring (bicyclic) bond motifs is 1. The minimum absolute atomic E-state index is 0.0333. The normalized spacial score (nSPS) is 12.9. The molecule has 2 heterocycles. The van der Waals surface area contributed by atoms with Gasteiger partial charge < -0.3 is 9.73 Å². The molecule has 104 valence electrons. The third kappa shape index (κ3) is 2.59. The average molecular weight is 307 g/mol. The first-order valence-corrected chi connectivity index (χ1v) is 7.85. The van der Waals surface area contributed by atoms with Gasteiger partial charge in [-0.3, -0.25) is 4.98 Å². The summed E-state index contributed by atoms with van der Waals surface area (Å²) in [5.74, 6) is 0.880. The molecule has 3 nitrogen and oxygen atoms in total. The summed E-state index contributed by atoms with van der Waals surface area (Å²) >= 11 is 7.80. The van der Waals surface area contributed by atoms with Gasteiger partial charge in [-0.1, -0.05) is 30.7 Å². The Hall–Kier alpha value is -1.36. The van der Waals surface area contributed by atoms with Gasteiger partial charge >= 0.3 is 0 Å². The Bertz CT molecular complexity index is 693. The molecule has 0 aliphatic heterocycles. The van der Waals surface area contributed by atoms with Crippen molar-refractivity contribution in [2.45, 2.75) is 19.4 Å². The maximum Gasteiger partial charge on any atom is 0.152 e. The zero-order valence-corrected chi connectivity index (χ0v) is 12.7. The van der Waals surface area contributed by atoms with Gasteiger partial charge in [0.05, 0.1) is 10.5 Å². The van der Waals surface area contributed by atoms with Crippen LogP contribution in [0, 0.1) is 0 Å². The van der Waals surface area contributed by atoms with Gasteiger partial charge in [-0.05, 0) is 25.1 Å². The molecule has 3 rings (SSSR count). The Morgan fingerprint density at radius 2 is 2.35 bits per heavy atom. The summed E-state index contributed by atoms with van der Waals surface area (Å²) in [5.41, 5.74) is 2.59. The lowest BCUT2D eigenvalue weighted by Gasteiger charge is -2.13. The van der Waals surface area contributed by atoms with Crippen molar-refractivity contribution >= 4 is 33.9 Å². The molecule has 1 atom stereocenters. The Balaban J connectivity index is 2.02. The van der Waals surface area contributed by atoms with Crippen molar-refractivity contribution in [3.8, 4) is 0 Å². The molecule has 2 aromatic heterocycles. The van der Waals surface area contributed by atoms with E-state index in [1.807, 2.05) is 36.0 Å². The second-order valence-corrected chi connectivity index (χ2v) is 5.92. The highest BCUT2D eigenvalue weighted by atomic mass is 35.5. The van der Waals surface area contributed by atoms with Crippen LogP contribution in [0.2, 0.25) is 5.02 Å². The SMILES string of the molecule is CCCNC(c1cc2cccc(Cl)c2o1)c1cncs1. The van der Waals surface area contributed by atoms with Gasteiger partial charge in [0.1, 0.15) is 11.8 Å². The number of nitrogens with zero attached hydrogens (tertiary/aromatic N) is 1. The number of furan rings is 1. The third-order valence-electron chi connectivity index (χ3n) is 3.13. The minimum Gasteiger partial charge on any atom is -0.457 e. The van der Waals surface area contributed by atoms with Crippen LogP contribution in [0.5, 0.6) is 0 Å². The molecule has 0 saturated carbocycles. The van der Waals surface area contributed by atoms with E-state index in [4.69, 9.17) is 16.0 Å². The quantitative estimate of drug-likeness (QED) is 0.746. The lowest BCUT2D eigenvalue weighted by molar-refractivity contribution is 0.473. The van der Waals surface area contributed by atoms with Crippen LogP contribution < -0.4 is 5.32 Å². The fourth-order valence-corrected chi connectivity index (χ4v) is 3.11. The minimum atomic E-state index is 0.0333. The lowest BCUT2D eigenvalue weighted by atomic mass is 10.1. The number of hydrogen-bond donors (Lipinski definition) is 1. The summed E-state index contributed by atoms with van der Waals surface area (Å²) in [6.45, 7) is 3.07. The molecule has 0 radical (unpaired) electrons. The second-order valence-electron chi connectivity index (χ2n) is 4.60. The first-order chi connectivity index (χ1) is 9.79. The Morgan fingerprint density at radius 3 is 3.05 bits per heavy atom. The molecule has 0 aliphatic rings. The van der Waals surface area contributed by atoms with Crippen molar-refractivity contribution in [1.29, 1.82) is 0 Å². The van der Waals surface area contributed by atoms with Crippen molar-refractivity contribution in [3.63, 3.8) is 0 Å². The van der Waals surface area contributed by atoms with E-state index >= 15 is 0 Å². The topological polar surface area (TPSA) is 38.1 Å². The smallest absolute Gasteiger partial charge is 0.152 e. The van der Waals surface area contributed by atoms with E-state index in [0.717, 1.165) is 34.6 Å². The first-order valence-electron chi connectivity index (χ1n) is 6.59. The molecule has 0 bridgehead atoms. The van der Waals surface area contributed by atoms with Crippen LogP contribution in [-0.4, -0.2) is 11.5 Å². The number of rotatable bonds is 5. The van der Waals surface area contributed by atoms with Crippen molar-refractivity contribution in [1.82, 2.24) is 10.3 Å². The van der Waals surface area contributed by atoms with E-state index in [-0.39, 0.29) is 6.04 Å². The lowest BCUT2D eigenvalue weighted by Crippen LogP contribution is -2.21. The summed E-state index contributed by atoms with van der Waals surface area (Å²) in [5, 5.41) is 5.18. The van der Waals surface area contributed by atoms with Gasteiger partial charge in [0.25, 0.3) is 0 Å². The van der Waals surface area contributed by atoms with Crippen molar-refractivity contribution in [2.75, 3.05) is 6.54 Å². The van der Waals surface area contributed by atoms with E-state index in [1.165, 1.54) is 0 Å². The average Bonchev–Trinajstić information content (AvgIpc) is 3.09. The molecule has 0 aliphatic carbocycles. The summed E-state index contributed by atoms with van der Waals surface area (Å²) < 4.78 is 5.97. The first kappa shape index (κ1) is 13.6. The molecule has 1 aromatic carbocycles. The van der Waals surface area contributed by atoms with Crippen LogP contribution in [0.3, 0.4) is 0 Å². The molecule has 0 fully saturated rings. The fourth-order valence-electron chi connectivity index (χ4n) is 2.19. The number of halogens is 1. The highest BCUT2D eigenvalue weighted by Gasteiger charge is 2.20. The van der Waals surface area contributed by atoms with Crippen molar-refractivity contribution < 1.29 is 4.42 Å². The Morgan fingerprint density at radius 1 is 1.45 bits per heavy atom. The number of nitrogens with one attached hydrogen (secondary N) is 1. The van der Waals surface area contributed by atoms with Crippen LogP contribution in [0.15, 0.2) is 40.4 Å². The number of thiazole rings is 1. The predicted octanol–water partition coefficient (Wildman–Crippen LogP) is 4.63.